The molecule has 0 radical (unpaired) electrons. The number of anilines is 2. The molecule has 2 heterocycles. The van der Waals surface area contributed by atoms with Crippen molar-refractivity contribution in [2.45, 2.75) is 37.0 Å². The molecular formula is C65H48NOP. The summed E-state index contributed by atoms with van der Waals surface area (Å²) in [5.74, 6) is 0.588. The summed E-state index contributed by atoms with van der Waals surface area (Å²) in [6.07, 6.45) is 20.8. The van der Waals surface area contributed by atoms with Crippen molar-refractivity contribution >= 4 is 45.6 Å². The Morgan fingerprint density at radius 1 is 0.529 bits per heavy atom. The number of fused-ring (bicyclic) bond motifs is 18. The fourth-order valence-corrected chi connectivity index (χ4v) is 15.5. The van der Waals surface area contributed by atoms with Gasteiger partial charge in [-0.1, -0.05) is 212 Å². The lowest BCUT2D eigenvalue weighted by Gasteiger charge is -2.41. The van der Waals surface area contributed by atoms with Gasteiger partial charge in [0.1, 0.15) is 0 Å². The number of aryl methyl sites for hydroxylation is 1. The average molecular weight is 890 g/mol. The Morgan fingerprint density at radius 3 is 1.91 bits per heavy atom. The highest BCUT2D eigenvalue weighted by atomic mass is 31.2. The summed E-state index contributed by atoms with van der Waals surface area (Å²) in [5, 5.41) is 2.55. The van der Waals surface area contributed by atoms with E-state index in [1.54, 1.807) is 0 Å². The highest BCUT2D eigenvalue weighted by molar-refractivity contribution is 7.85. The van der Waals surface area contributed by atoms with Crippen LogP contribution in [0.3, 0.4) is 0 Å². The Labute approximate surface area is 399 Å². The summed E-state index contributed by atoms with van der Waals surface area (Å²) in [6.45, 7) is 0. The van der Waals surface area contributed by atoms with Crippen LogP contribution in [0.25, 0.3) is 33.4 Å². The first-order valence-electron chi connectivity index (χ1n) is 24.3. The van der Waals surface area contributed by atoms with E-state index < -0.39 is 12.6 Å². The van der Waals surface area contributed by atoms with Crippen molar-refractivity contribution in [2.24, 2.45) is 5.92 Å². The predicted molar refractivity (Wildman–Crippen MR) is 283 cm³/mol. The van der Waals surface area contributed by atoms with Crippen LogP contribution in [-0.4, -0.2) is 0 Å². The van der Waals surface area contributed by atoms with E-state index in [4.69, 9.17) is 0 Å². The number of benzene rings is 8. The van der Waals surface area contributed by atoms with Gasteiger partial charge in [-0.15, -0.1) is 0 Å². The van der Waals surface area contributed by atoms with E-state index in [0.717, 1.165) is 41.6 Å². The maximum atomic E-state index is 16.0. The van der Waals surface area contributed by atoms with Crippen LogP contribution in [0.5, 0.6) is 0 Å². The molecule has 2 unspecified atom stereocenters. The lowest BCUT2D eigenvalue weighted by Crippen LogP contribution is -2.29. The van der Waals surface area contributed by atoms with Gasteiger partial charge in [0.25, 0.3) is 0 Å². The lowest BCUT2D eigenvalue weighted by molar-refractivity contribution is 0.592. The van der Waals surface area contributed by atoms with Gasteiger partial charge < -0.3 is 9.46 Å². The van der Waals surface area contributed by atoms with Gasteiger partial charge in [-0.3, -0.25) is 0 Å². The van der Waals surface area contributed by atoms with Crippen molar-refractivity contribution in [3.8, 4) is 22.3 Å². The first-order chi connectivity index (χ1) is 33.6. The molecule has 0 saturated heterocycles. The van der Waals surface area contributed by atoms with E-state index in [1.165, 1.54) is 95.0 Å². The summed E-state index contributed by atoms with van der Waals surface area (Å²) in [4.78, 5) is 2.58. The Balaban J connectivity index is 0.876. The Hall–Kier alpha value is -7.51. The molecule has 4 aliphatic carbocycles. The molecule has 8 aromatic carbocycles. The minimum Gasteiger partial charge on any atom is -0.313 e. The van der Waals surface area contributed by atoms with E-state index in [2.05, 4.69) is 175 Å². The van der Waals surface area contributed by atoms with Gasteiger partial charge in [0.2, 0.25) is 0 Å². The summed E-state index contributed by atoms with van der Waals surface area (Å²) in [6, 6.07) is 68.3. The molecule has 14 rings (SSSR count). The minimum absolute atomic E-state index is 0.216. The second-order valence-electron chi connectivity index (χ2n) is 19.2. The monoisotopic (exact) mass is 889 g/mol. The molecule has 6 aliphatic rings. The Morgan fingerprint density at radius 2 is 1.18 bits per heavy atom. The van der Waals surface area contributed by atoms with Crippen molar-refractivity contribution in [3.63, 3.8) is 0 Å². The van der Waals surface area contributed by atoms with E-state index in [1.807, 2.05) is 60.7 Å². The average Bonchev–Trinajstić information content (AvgIpc) is 3.78. The molecule has 2 atom stereocenters. The number of hydrogen-bond acceptors (Lipinski definition) is 2. The van der Waals surface area contributed by atoms with Crippen molar-refractivity contribution in [2.75, 3.05) is 4.90 Å². The third kappa shape index (κ3) is 5.62. The van der Waals surface area contributed by atoms with Crippen LogP contribution in [0.15, 0.2) is 236 Å². The molecule has 1 spiro atoms. The van der Waals surface area contributed by atoms with Crippen LogP contribution in [0, 0.1) is 5.92 Å². The second kappa shape index (κ2) is 15.3. The molecule has 0 N–H and O–H groups in total. The molecule has 0 bridgehead atoms. The van der Waals surface area contributed by atoms with Crippen LogP contribution >= 0.6 is 7.14 Å². The number of allylic oxidation sites excluding steroid dienone is 9. The fraction of sp³-hybridized carbons (Fsp3) is 0.108. The second-order valence-corrected chi connectivity index (χ2v) is 22.0. The number of rotatable bonds is 5. The number of hydrogen-bond donors (Lipinski definition) is 0. The van der Waals surface area contributed by atoms with E-state index in [0.29, 0.717) is 5.92 Å². The number of nitrogens with zero attached hydrogens (tertiary/aromatic N) is 1. The van der Waals surface area contributed by atoms with Crippen LogP contribution < -0.4 is 20.8 Å². The zero-order valence-electron chi connectivity index (χ0n) is 37.7. The summed E-state index contributed by atoms with van der Waals surface area (Å²) >= 11 is 0. The first kappa shape index (κ1) is 39.6. The Bertz CT molecular complexity index is 3540. The van der Waals surface area contributed by atoms with Gasteiger partial charge in [-0.05, 0) is 116 Å². The van der Waals surface area contributed by atoms with Crippen molar-refractivity contribution < 1.29 is 4.57 Å². The number of para-hydroxylation sites is 1. The maximum absolute atomic E-state index is 16.0. The molecule has 0 aromatic heterocycles. The molecule has 8 aromatic rings. The predicted octanol–water partition coefficient (Wildman–Crippen LogP) is 14.7. The van der Waals surface area contributed by atoms with Gasteiger partial charge in [0, 0.05) is 44.7 Å². The molecule has 0 fully saturated rings. The van der Waals surface area contributed by atoms with E-state index in [9.17, 15) is 0 Å². The third-order valence-corrected chi connectivity index (χ3v) is 18.9. The van der Waals surface area contributed by atoms with Gasteiger partial charge in [0.15, 0.2) is 7.14 Å². The molecule has 0 amide bonds. The first-order valence-corrected chi connectivity index (χ1v) is 26.0. The van der Waals surface area contributed by atoms with Gasteiger partial charge in [-0.25, -0.2) is 0 Å². The molecule has 324 valence electrons. The fourth-order valence-electron chi connectivity index (χ4n) is 12.8. The highest BCUT2D eigenvalue weighted by Gasteiger charge is 2.52. The minimum atomic E-state index is -3.26. The molecule has 3 heteroatoms. The van der Waals surface area contributed by atoms with Crippen molar-refractivity contribution in [1.82, 2.24) is 0 Å². The van der Waals surface area contributed by atoms with Gasteiger partial charge in [0.05, 0.1) is 11.1 Å². The van der Waals surface area contributed by atoms with Gasteiger partial charge in [-0.2, -0.15) is 0 Å². The maximum Gasteiger partial charge on any atom is 0.171 e. The van der Waals surface area contributed by atoms with E-state index in [-0.39, 0.29) is 5.92 Å². The molecule has 2 nitrogen and oxygen atoms in total. The molecule has 0 saturated carbocycles. The summed E-state index contributed by atoms with van der Waals surface area (Å²) in [7, 11) is -3.26. The smallest absolute Gasteiger partial charge is 0.171 e. The molecule has 2 aliphatic heterocycles. The van der Waals surface area contributed by atoms with Crippen molar-refractivity contribution in [1.29, 1.82) is 0 Å². The standard InChI is InChI=1S/C65H48NOP/c67-68(48-18-3-1-4-19-48,49-20-5-2-6-21-49)50-36-39-55-54-37-34-46(40-60(54)65(61(55)42-50)58-26-12-10-23-52(58)53-24-11-13-27-59(53)65)43-30-32-44(33-31-43)47-35-38-57-51-22-8-9-25-56(51)63-29-15-17-45-16-7-14-28-62(45)66(63)64(57)41-47/h1-14,16,18-24,26-30,32-43,56H,15,17,25,31H2. The quantitative estimate of drug-likeness (QED) is 0.161. The zero-order valence-corrected chi connectivity index (χ0v) is 38.6. The Kier molecular flexibility index (Phi) is 8.89. The largest absolute Gasteiger partial charge is 0.313 e. The summed E-state index contributed by atoms with van der Waals surface area (Å²) < 4.78 is 16.0. The van der Waals surface area contributed by atoms with Gasteiger partial charge >= 0.3 is 0 Å². The van der Waals surface area contributed by atoms with Crippen LogP contribution in [-0.2, 0) is 16.4 Å². The SMILES string of the molecule is O=P(c1ccccc1)(c1ccccc1)c1ccc2c(c1)C1(c3ccccc3-c3ccccc31)c1cc(C3C=CC(c4ccc5c(c4)N4C(=CCCc6ccccc64)C4CC=CC=C54)=CC3)ccc1-2. The molecular weight excluding hydrogens is 842 g/mol. The van der Waals surface area contributed by atoms with E-state index >= 15 is 4.57 Å². The van der Waals surface area contributed by atoms with Crippen LogP contribution in [0.2, 0.25) is 0 Å². The van der Waals surface area contributed by atoms with Crippen LogP contribution in [0.1, 0.15) is 69.7 Å². The lowest BCUT2D eigenvalue weighted by atomic mass is 9.70. The third-order valence-electron chi connectivity index (χ3n) is 15.9. The van der Waals surface area contributed by atoms with Crippen molar-refractivity contribution in [3.05, 3.63) is 281 Å². The van der Waals surface area contributed by atoms with Crippen LogP contribution in [0.4, 0.5) is 11.4 Å². The topological polar surface area (TPSA) is 20.3 Å². The zero-order chi connectivity index (χ0) is 45.0. The normalized spacial score (nSPS) is 18.6. The summed E-state index contributed by atoms with van der Waals surface area (Å²) in [5.41, 5.74) is 21.5. The highest BCUT2D eigenvalue weighted by Crippen LogP contribution is 2.63. The molecule has 68 heavy (non-hydrogen) atoms.